The van der Waals surface area contributed by atoms with Crippen LogP contribution in [0.2, 0.25) is 0 Å². The second kappa shape index (κ2) is 7.32. The standard InChI is InChI=1S/C12H18N4O3/c1-2-14-6-3-7-15-10-5-4-9(12(13)17)8-11(10)16(18)19/h4-5,8,14-15H,2-3,6-7H2,1H3,(H2,13,17). The van der Waals surface area contributed by atoms with Gasteiger partial charge in [-0.1, -0.05) is 6.92 Å². The lowest BCUT2D eigenvalue weighted by Crippen LogP contribution is -2.17. The Hall–Kier alpha value is -2.15. The lowest BCUT2D eigenvalue weighted by atomic mass is 10.1. The van der Waals surface area contributed by atoms with Crippen molar-refractivity contribution in [2.45, 2.75) is 13.3 Å². The molecule has 0 saturated carbocycles. The van der Waals surface area contributed by atoms with Crippen molar-refractivity contribution in [3.63, 3.8) is 0 Å². The summed E-state index contributed by atoms with van der Waals surface area (Å²) in [5.41, 5.74) is 5.48. The topological polar surface area (TPSA) is 110 Å². The van der Waals surface area contributed by atoms with E-state index in [0.29, 0.717) is 12.2 Å². The maximum Gasteiger partial charge on any atom is 0.293 e. The first-order valence-corrected chi connectivity index (χ1v) is 6.09. The number of amides is 1. The minimum absolute atomic E-state index is 0.130. The van der Waals surface area contributed by atoms with Gasteiger partial charge in [-0.05, 0) is 31.6 Å². The zero-order chi connectivity index (χ0) is 14.3. The largest absolute Gasteiger partial charge is 0.379 e. The molecule has 1 amide bonds. The van der Waals surface area contributed by atoms with Gasteiger partial charge in [0.25, 0.3) is 5.69 Å². The molecule has 0 heterocycles. The van der Waals surface area contributed by atoms with E-state index in [1.54, 1.807) is 0 Å². The fraction of sp³-hybridized carbons (Fsp3) is 0.417. The molecular formula is C12H18N4O3. The molecule has 0 aliphatic heterocycles. The average molecular weight is 266 g/mol. The van der Waals surface area contributed by atoms with Crippen LogP contribution in [0.4, 0.5) is 11.4 Å². The summed E-state index contributed by atoms with van der Waals surface area (Å²) in [5, 5.41) is 17.1. The number of benzene rings is 1. The molecule has 19 heavy (non-hydrogen) atoms. The van der Waals surface area contributed by atoms with Crippen LogP contribution in [0.3, 0.4) is 0 Å². The van der Waals surface area contributed by atoms with Crippen molar-refractivity contribution in [3.8, 4) is 0 Å². The Bertz CT molecular complexity index is 462. The molecule has 0 spiro atoms. The van der Waals surface area contributed by atoms with Crippen LogP contribution in [0.25, 0.3) is 0 Å². The molecule has 0 bridgehead atoms. The number of nitrogens with two attached hydrogens (primary N) is 1. The smallest absolute Gasteiger partial charge is 0.293 e. The highest BCUT2D eigenvalue weighted by Gasteiger charge is 2.15. The van der Waals surface area contributed by atoms with E-state index in [2.05, 4.69) is 10.6 Å². The molecule has 7 nitrogen and oxygen atoms in total. The maximum atomic E-state index is 11.0. The zero-order valence-corrected chi connectivity index (χ0v) is 10.8. The van der Waals surface area contributed by atoms with Crippen molar-refractivity contribution >= 4 is 17.3 Å². The molecule has 7 heteroatoms. The van der Waals surface area contributed by atoms with Gasteiger partial charge in [0.1, 0.15) is 5.69 Å². The molecular weight excluding hydrogens is 248 g/mol. The highest BCUT2D eigenvalue weighted by Crippen LogP contribution is 2.25. The number of nitrogens with zero attached hydrogens (tertiary/aromatic N) is 1. The molecule has 0 aromatic heterocycles. The summed E-state index contributed by atoms with van der Waals surface area (Å²) in [6.45, 7) is 4.37. The number of carbonyl (C=O) groups excluding carboxylic acids is 1. The van der Waals surface area contributed by atoms with Crippen molar-refractivity contribution < 1.29 is 9.72 Å². The minimum Gasteiger partial charge on any atom is -0.379 e. The van der Waals surface area contributed by atoms with Gasteiger partial charge in [0.15, 0.2) is 0 Å². The number of nitro benzene ring substituents is 1. The van der Waals surface area contributed by atoms with Crippen LogP contribution in [-0.2, 0) is 0 Å². The molecule has 0 saturated heterocycles. The van der Waals surface area contributed by atoms with Crippen LogP contribution < -0.4 is 16.4 Å². The highest BCUT2D eigenvalue weighted by molar-refractivity contribution is 5.94. The minimum atomic E-state index is -0.679. The van der Waals surface area contributed by atoms with E-state index in [1.165, 1.54) is 18.2 Å². The Balaban J connectivity index is 2.71. The lowest BCUT2D eigenvalue weighted by molar-refractivity contribution is -0.384. The normalized spacial score (nSPS) is 10.2. The Morgan fingerprint density at radius 1 is 1.42 bits per heavy atom. The molecule has 1 aromatic carbocycles. The molecule has 4 N–H and O–H groups in total. The molecule has 1 rings (SSSR count). The van der Waals surface area contributed by atoms with Crippen LogP contribution >= 0.6 is 0 Å². The van der Waals surface area contributed by atoms with Gasteiger partial charge in [0, 0.05) is 18.2 Å². The summed E-state index contributed by atoms with van der Waals surface area (Å²) in [5.74, 6) is -0.679. The molecule has 0 fully saturated rings. The molecule has 0 atom stereocenters. The van der Waals surface area contributed by atoms with Crippen LogP contribution in [0.5, 0.6) is 0 Å². The Morgan fingerprint density at radius 3 is 2.74 bits per heavy atom. The van der Waals surface area contributed by atoms with E-state index in [-0.39, 0.29) is 11.3 Å². The third-order valence-electron chi connectivity index (χ3n) is 2.57. The number of carbonyl (C=O) groups is 1. The summed E-state index contributed by atoms with van der Waals surface area (Å²) < 4.78 is 0. The molecule has 0 aliphatic carbocycles. The van der Waals surface area contributed by atoms with Crippen molar-refractivity contribution in [3.05, 3.63) is 33.9 Å². The van der Waals surface area contributed by atoms with Crippen molar-refractivity contribution in [2.24, 2.45) is 5.73 Å². The summed E-state index contributed by atoms with van der Waals surface area (Å²) in [7, 11) is 0. The summed E-state index contributed by atoms with van der Waals surface area (Å²) >= 11 is 0. The number of rotatable bonds is 8. The van der Waals surface area contributed by atoms with Crippen LogP contribution in [0, 0.1) is 10.1 Å². The number of primary amides is 1. The predicted molar refractivity (Wildman–Crippen MR) is 73.3 cm³/mol. The fourth-order valence-corrected chi connectivity index (χ4v) is 1.60. The van der Waals surface area contributed by atoms with Gasteiger partial charge in [-0.25, -0.2) is 0 Å². The summed E-state index contributed by atoms with van der Waals surface area (Å²) in [6, 6.07) is 4.17. The van der Waals surface area contributed by atoms with E-state index in [1.807, 2.05) is 6.92 Å². The van der Waals surface area contributed by atoms with Crippen LogP contribution in [0.1, 0.15) is 23.7 Å². The van der Waals surface area contributed by atoms with Gasteiger partial charge in [0.2, 0.25) is 5.91 Å². The molecule has 104 valence electrons. The van der Waals surface area contributed by atoms with Crippen LogP contribution in [-0.4, -0.2) is 30.5 Å². The van der Waals surface area contributed by atoms with E-state index in [9.17, 15) is 14.9 Å². The fourth-order valence-electron chi connectivity index (χ4n) is 1.60. The zero-order valence-electron chi connectivity index (χ0n) is 10.8. The maximum absolute atomic E-state index is 11.0. The first-order chi connectivity index (χ1) is 9.06. The highest BCUT2D eigenvalue weighted by atomic mass is 16.6. The average Bonchev–Trinajstić information content (AvgIpc) is 2.38. The molecule has 0 radical (unpaired) electrons. The van der Waals surface area contributed by atoms with E-state index in [4.69, 9.17) is 5.73 Å². The first kappa shape index (κ1) is 14.9. The van der Waals surface area contributed by atoms with Crippen LogP contribution in [0.15, 0.2) is 18.2 Å². The first-order valence-electron chi connectivity index (χ1n) is 6.09. The Kier molecular flexibility index (Phi) is 5.74. The predicted octanol–water partition coefficient (Wildman–Crippen LogP) is 1.11. The molecule has 0 aliphatic rings. The lowest BCUT2D eigenvalue weighted by Gasteiger charge is -2.08. The second-order valence-electron chi connectivity index (χ2n) is 3.99. The van der Waals surface area contributed by atoms with Gasteiger partial charge in [-0.2, -0.15) is 0 Å². The summed E-state index contributed by atoms with van der Waals surface area (Å²) in [6.07, 6.45) is 0.850. The SMILES string of the molecule is CCNCCCNc1ccc(C(N)=O)cc1[N+](=O)[O-]. The second-order valence-corrected chi connectivity index (χ2v) is 3.99. The number of nitrogens with one attached hydrogen (secondary N) is 2. The summed E-state index contributed by atoms with van der Waals surface area (Å²) in [4.78, 5) is 21.4. The van der Waals surface area contributed by atoms with E-state index >= 15 is 0 Å². The number of nitro groups is 1. The van der Waals surface area contributed by atoms with E-state index < -0.39 is 10.8 Å². The van der Waals surface area contributed by atoms with Gasteiger partial charge in [0.05, 0.1) is 4.92 Å². The van der Waals surface area contributed by atoms with Gasteiger partial charge in [-0.15, -0.1) is 0 Å². The van der Waals surface area contributed by atoms with Gasteiger partial charge < -0.3 is 16.4 Å². The number of hydrogen-bond acceptors (Lipinski definition) is 5. The van der Waals surface area contributed by atoms with Crippen molar-refractivity contribution in [2.75, 3.05) is 25.0 Å². The third kappa shape index (κ3) is 4.55. The van der Waals surface area contributed by atoms with E-state index in [0.717, 1.165) is 19.5 Å². The number of anilines is 1. The number of hydrogen-bond donors (Lipinski definition) is 3. The van der Waals surface area contributed by atoms with Gasteiger partial charge in [-0.3, -0.25) is 14.9 Å². The third-order valence-corrected chi connectivity index (χ3v) is 2.57. The monoisotopic (exact) mass is 266 g/mol. The van der Waals surface area contributed by atoms with Gasteiger partial charge >= 0.3 is 0 Å². The Labute approximate surface area is 111 Å². The quantitative estimate of drug-likeness (QED) is 0.371. The Morgan fingerprint density at radius 2 is 2.16 bits per heavy atom. The van der Waals surface area contributed by atoms with Crippen molar-refractivity contribution in [1.29, 1.82) is 0 Å². The molecule has 0 unspecified atom stereocenters. The van der Waals surface area contributed by atoms with Crippen molar-refractivity contribution in [1.82, 2.24) is 5.32 Å². The molecule has 1 aromatic rings.